The number of nitrogens with one attached hydrogen (secondary N) is 1. The van der Waals surface area contributed by atoms with Gasteiger partial charge in [0.15, 0.2) is 0 Å². The molecule has 1 rings (SSSR count). The molecule has 21 heavy (non-hydrogen) atoms. The highest BCUT2D eigenvalue weighted by Crippen LogP contribution is 2.12. The number of carbonyl (C=O) groups is 2. The first kappa shape index (κ1) is 18.0. The van der Waals surface area contributed by atoms with Crippen LogP contribution in [-0.4, -0.2) is 71.7 Å². The zero-order chi connectivity index (χ0) is 15.8. The molecule has 0 aromatic carbocycles. The maximum absolute atomic E-state index is 11.8. The average Bonchev–Trinajstić information content (AvgIpc) is 2.45. The summed E-state index contributed by atoms with van der Waals surface area (Å²) in [5.74, 6) is 0.313. The Morgan fingerprint density at radius 3 is 2.52 bits per heavy atom. The molecule has 6 nitrogen and oxygen atoms in total. The van der Waals surface area contributed by atoms with Crippen LogP contribution in [0.15, 0.2) is 0 Å². The lowest BCUT2D eigenvalue weighted by molar-refractivity contribution is -0.119. The van der Waals surface area contributed by atoms with Gasteiger partial charge in [0.2, 0.25) is 5.91 Å². The van der Waals surface area contributed by atoms with Crippen LogP contribution in [0.3, 0.4) is 0 Å². The van der Waals surface area contributed by atoms with Crippen molar-refractivity contribution in [1.82, 2.24) is 15.1 Å². The van der Waals surface area contributed by atoms with Crippen molar-refractivity contribution in [3.8, 4) is 0 Å². The van der Waals surface area contributed by atoms with Crippen LogP contribution in [0, 0.1) is 0 Å². The van der Waals surface area contributed by atoms with Crippen LogP contribution in [0.1, 0.15) is 19.8 Å². The summed E-state index contributed by atoms with van der Waals surface area (Å²) >= 11 is 6.47. The van der Waals surface area contributed by atoms with Gasteiger partial charge < -0.3 is 19.9 Å². The SMILES string of the molecule is CCOC(=O)N1CCC(NC(=O)CSC(=S)N(C)C)CC1. The first-order valence-corrected chi connectivity index (χ1v) is 8.38. The van der Waals surface area contributed by atoms with Crippen LogP contribution in [0.2, 0.25) is 0 Å². The zero-order valence-corrected chi connectivity index (χ0v) is 14.4. The third-order valence-corrected chi connectivity index (χ3v) is 4.82. The molecular weight excluding hydrogens is 310 g/mol. The first-order chi connectivity index (χ1) is 9.93. The highest BCUT2D eigenvalue weighted by atomic mass is 32.2. The zero-order valence-electron chi connectivity index (χ0n) is 12.8. The minimum absolute atomic E-state index is 0.0150. The maximum Gasteiger partial charge on any atom is 0.409 e. The highest BCUT2D eigenvalue weighted by Gasteiger charge is 2.24. The van der Waals surface area contributed by atoms with Gasteiger partial charge in [0, 0.05) is 33.2 Å². The van der Waals surface area contributed by atoms with E-state index in [1.54, 1.807) is 11.8 Å². The number of amides is 2. The number of thioether (sulfide) groups is 1. The standard InChI is InChI=1S/C13H23N3O3S2/c1-4-19-12(18)16-7-5-10(6-8-16)14-11(17)9-21-13(20)15(2)3/h10H,4-9H2,1-3H3,(H,14,17). The summed E-state index contributed by atoms with van der Waals surface area (Å²) in [5.41, 5.74) is 0. The van der Waals surface area contributed by atoms with Crippen molar-refractivity contribution in [3.05, 3.63) is 0 Å². The first-order valence-electron chi connectivity index (χ1n) is 6.99. The Morgan fingerprint density at radius 1 is 1.38 bits per heavy atom. The Morgan fingerprint density at radius 2 is 2.00 bits per heavy atom. The molecule has 0 aromatic rings. The van der Waals surface area contributed by atoms with Crippen molar-refractivity contribution in [2.75, 3.05) is 39.5 Å². The number of piperidine rings is 1. The fourth-order valence-electron chi connectivity index (χ4n) is 1.95. The topological polar surface area (TPSA) is 61.9 Å². The van der Waals surface area contributed by atoms with Crippen molar-refractivity contribution >= 4 is 40.3 Å². The second-order valence-electron chi connectivity index (χ2n) is 4.98. The highest BCUT2D eigenvalue weighted by molar-refractivity contribution is 8.23. The molecule has 2 amide bonds. The molecule has 1 heterocycles. The summed E-state index contributed by atoms with van der Waals surface area (Å²) in [4.78, 5) is 26.9. The van der Waals surface area contributed by atoms with Crippen LogP contribution in [0.4, 0.5) is 4.79 Å². The van der Waals surface area contributed by atoms with Crippen LogP contribution in [0.5, 0.6) is 0 Å². The lowest BCUT2D eigenvalue weighted by Crippen LogP contribution is -2.47. The molecule has 0 spiro atoms. The second kappa shape index (κ2) is 9.09. The predicted molar refractivity (Wildman–Crippen MR) is 88.5 cm³/mol. The summed E-state index contributed by atoms with van der Waals surface area (Å²) in [6, 6.07) is 0.122. The van der Waals surface area contributed by atoms with E-state index in [1.165, 1.54) is 11.8 Å². The monoisotopic (exact) mass is 333 g/mol. The summed E-state index contributed by atoms with van der Waals surface area (Å²) in [5, 5.41) is 2.99. The van der Waals surface area contributed by atoms with Crippen LogP contribution in [-0.2, 0) is 9.53 Å². The van der Waals surface area contributed by atoms with Gasteiger partial charge in [-0.25, -0.2) is 4.79 Å². The molecule has 0 aliphatic carbocycles. The molecule has 8 heteroatoms. The van der Waals surface area contributed by atoms with E-state index in [1.807, 2.05) is 19.0 Å². The molecule has 1 saturated heterocycles. The van der Waals surface area contributed by atoms with E-state index in [4.69, 9.17) is 17.0 Å². The molecular formula is C13H23N3O3S2. The summed E-state index contributed by atoms with van der Waals surface area (Å²) in [7, 11) is 3.72. The normalized spacial score (nSPS) is 15.5. The smallest absolute Gasteiger partial charge is 0.409 e. The van der Waals surface area contributed by atoms with E-state index in [0.717, 1.165) is 12.8 Å². The Kier molecular flexibility index (Phi) is 7.81. The van der Waals surface area contributed by atoms with Gasteiger partial charge in [-0.15, -0.1) is 0 Å². The number of rotatable bonds is 4. The van der Waals surface area contributed by atoms with Crippen LogP contribution < -0.4 is 5.32 Å². The molecule has 0 atom stereocenters. The van der Waals surface area contributed by atoms with Crippen molar-refractivity contribution in [3.63, 3.8) is 0 Å². The van der Waals surface area contributed by atoms with Gasteiger partial charge in [-0.3, -0.25) is 4.79 Å². The van der Waals surface area contributed by atoms with E-state index >= 15 is 0 Å². The van der Waals surface area contributed by atoms with Gasteiger partial charge in [0.1, 0.15) is 4.32 Å². The van der Waals surface area contributed by atoms with Crippen molar-refractivity contribution in [2.24, 2.45) is 0 Å². The van der Waals surface area contributed by atoms with Gasteiger partial charge in [-0.2, -0.15) is 0 Å². The minimum atomic E-state index is -0.269. The van der Waals surface area contributed by atoms with Gasteiger partial charge >= 0.3 is 6.09 Å². The number of carbonyl (C=O) groups excluding carboxylic acids is 2. The molecule has 1 aliphatic rings. The lowest BCUT2D eigenvalue weighted by Gasteiger charge is -2.31. The Hall–Kier alpha value is -1.02. The molecule has 0 radical (unpaired) electrons. The second-order valence-corrected chi connectivity index (χ2v) is 6.59. The largest absolute Gasteiger partial charge is 0.450 e. The fourth-order valence-corrected chi connectivity index (χ4v) is 2.72. The number of hydrogen-bond donors (Lipinski definition) is 1. The number of likely N-dealkylation sites (tertiary alicyclic amines) is 1. The number of hydrogen-bond acceptors (Lipinski definition) is 5. The number of nitrogens with zero attached hydrogens (tertiary/aromatic N) is 2. The molecule has 1 N–H and O–H groups in total. The van der Waals surface area contributed by atoms with E-state index in [-0.39, 0.29) is 18.0 Å². The van der Waals surface area contributed by atoms with Crippen molar-refractivity contribution in [2.45, 2.75) is 25.8 Å². The van der Waals surface area contributed by atoms with Crippen molar-refractivity contribution < 1.29 is 14.3 Å². The van der Waals surface area contributed by atoms with E-state index in [0.29, 0.717) is 29.8 Å². The summed E-state index contributed by atoms with van der Waals surface area (Å²) < 4.78 is 5.66. The van der Waals surface area contributed by atoms with Crippen molar-refractivity contribution in [1.29, 1.82) is 0 Å². The number of thiocarbonyl (C=S) groups is 1. The number of ether oxygens (including phenoxy) is 1. The fraction of sp³-hybridized carbons (Fsp3) is 0.769. The predicted octanol–water partition coefficient (Wildman–Crippen LogP) is 1.30. The van der Waals surface area contributed by atoms with Gasteiger partial charge in [-0.05, 0) is 19.8 Å². The molecule has 1 aliphatic heterocycles. The third-order valence-electron chi connectivity index (χ3n) is 3.08. The van der Waals surface area contributed by atoms with E-state index in [2.05, 4.69) is 5.32 Å². The van der Waals surface area contributed by atoms with E-state index < -0.39 is 0 Å². The Labute approximate surface area is 135 Å². The third kappa shape index (κ3) is 6.52. The quantitative estimate of drug-likeness (QED) is 0.783. The van der Waals surface area contributed by atoms with Gasteiger partial charge in [0.05, 0.1) is 12.4 Å². The summed E-state index contributed by atoms with van der Waals surface area (Å²) in [6.07, 6.45) is 1.25. The maximum atomic E-state index is 11.8. The molecule has 0 bridgehead atoms. The Balaban J connectivity index is 2.24. The molecule has 0 aromatic heterocycles. The Bertz CT molecular complexity index is 383. The molecule has 0 unspecified atom stereocenters. The lowest BCUT2D eigenvalue weighted by atomic mass is 10.1. The minimum Gasteiger partial charge on any atom is -0.450 e. The molecule has 120 valence electrons. The van der Waals surface area contributed by atoms with Gasteiger partial charge in [0.25, 0.3) is 0 Å². The molecule has 0 saturated carbocycles. The summed E-state index contributed by atoms with van der Waals surface area (Å²) in [6.45, 7) is 3.42. The van der Waals surface area contributed by atoms with Gasteiger partial charge in [-0.1, -0.05) is 24.0 Å². The van der Waals surface area contributed by atoms with Crippen LogP contribution >= 0.6 is 24.0 Å². The molecule has 1 fully saturated rings. The average molecular weight is 333 g/mol. The van der Waals surface area contributed by atoms with Crippen LogP contribution in [0.25, 0.3) is 0 Å². The van der Waals surface area contributed by atoms with E-state index in [9.17, 15) is 9.59 Å².